The van der Waals surface area contributed by atoms with Crippen molar-refractivity contribution in [2.45, 2.75) is 57.4 Å². The number of rotatable bonds is 9. The summed E-state index contributed by atoms with van der Waals surface area (Å²) < 4.78 is 0. The van der Waals surface area contributed by atoms with Gasteiger partial charge in [-0.3, -0.25) is 19.7 Å². The zero-order valence-electron chi connectivity index (χ0n) is 19.4. The highest BCUT2D eigenvalue weighted by Gasteiger charge is 2.40. The lowest BCUT2D eigenvalue weighted by molar-refractivity contribution is -0.146. The summed E-state index contributed by atoms with van der Waals surface area (Å²) in [6, 6.07) is 12.7. The van der Waals surface area contributed by atoms with E-state index < -0.39 is 23.6 Å². The van der Waals surface area contributed by atoms with Crippen LogP contribution in [0.1, 0.15) is 49.4 Å². The minimum absolute atomic E-state index is 0.247. The van der Waals surface area contributed by atoms with E-state index in [4.69, 9.17) is 17.3 Å². The lowest BCUT2D eigenvalue weighted by atomic mass is 9.98. The third-order valence-electron chi connectivity index (χ3n) is 6.10. The fourth-order valence-corrected chi connectivity index (χ4v) is 4.28. The van der Waals surface area contributed by atoms with Crippen LogP contribution in [0.3, 0.4) is 0 Å². The Morgan fingerprint density at radius 2 is 1.88 bits per heavy atom. The van der Waals surface area contributed by atoms with Crippen LogP contribution in [0, 0.1) is 0 Å². The van der Waals surface area contributed by atoms with Gasteiger partial charge in [0.2, 0.25) is 11.8 Å². The summed E-state index contributed by atoms with van der Waals surface area (Å²) in [5.74, 6) is -1.67. The summed E-state index contributed by atoms with van der Waals surface area (Å²) in [5, 5.41) is 16.0. The highest BCUT2D eigenvalue weighted by atomic mass is 35.5. The van der Waals surface area contributed by atoms with Gasteiger partial charge in [-0.1, -0.05) is 48.0 Å². The Balaban J connectivity index is 1.78. The summed E-state index contributed by atoms with van der Waals surface area (Å²) >= 11 is 6.09. The second-order valence-corrected chi connectivity index (χ2v) is 9.38. The highest BCUT2D eigenvalue weighted by molar-refractivity contribution is 6.30. The average molecular weight is 487 g/mol. The molecule has 8 nitrogen and oxygen atoms in total. The summed E-state index contributed by atoms with van der Waals surface area (Å²) in [6.45, 7) is 4.00. The van der Waals surface area contributed by atoms with Crippen LogP contribution >= 0.6 is 11.6 Å². The van der Waals surface area contributed by atoms with Crippen molar-refractivity contribution in [3.63, 3.8) is 0 Å². The van der Waals surface area contributed by atoms with Gasteiger partial charge in [-0.25, -0.2) is 0 Å². The third-order valence-corrected chi connectivity index (χ3v) is 6.33. The van der Waals surface area contributed by atoms with Crippen LogP contribution in [0.25, 0.3) is 0 Å². The minimum atomic E-state index is -1.35. The van der Waals surface area contributed by atoms with E-state index in [1.807, 2.05) is 12.1 Å². The van der Waals surface area contributed by atoms with Gasteiger partial charge >= 0.3 is 5.97 Å². The van der Waals surface area contributed by atoms with Gasteiger partial charge in [0.15, 0.2) is 0 Å². The van der Waals surface area contributed by atoms with Crippen LogP contribution in [-0.2, 0) is 27.5 Å². The largest absolute Gasteiger partial charge is 0.480 e. The zero-order valence-corrected chi connectivity index (χ0v) is 20.1. The monoisotopic (exact) mass is 486 g/mol. The molecule has 182 valence electrons. The SMILES string of the molecule is CC(C)(N[C@@H](C(=O)N1CCC[C@H]1C(=O)NCc1cc(Cl)ccc1CN)c1ccccc1)C(=O)O. The first-order valence-electron chi connectivity index (χ1n) is 11.3. The number of carbonyl (C=O) groups is 3. The summed E-state index contributed by atoms with van der Waals surface area (Å²) in [5.41, 5.74) is 6.79. The first-order chi connectivity index (χ1) is 16.1. The summed E-state index contributed by atoms with van der Waals surface area (Å²) in [6.07, 6.45) is 1.21. The van der Waals surface area contributed by atoms with Gasteiger partial charge in [0, 0.05) is 24.7 Å². The van der Waals surface area contributed by atoms with Crippen molar-refractivity contribution in [3.05, 3.63) is 70.2 Å². The topological polar surface area (TPSA) is 125 Å². The number of nitrogens with two attached hydrogens (primary N) is 1. The molecule has 1 aliphatic rings. The van der Waals surface area contributed by atoms with Crippen molar-refractivity contribution in [1.29, 1.82) is 0 Å². The first-order valence-corrected chi connectivity index (χ1v) is 11.6. The Morgan fingerprint density at radius 3 is 2.53 bits per heavy atom. The molecule has 1 saturated heterocycles. The number of halogens is 1. The number of carboxylic acids is 1. The molecule has 2 atom stereocenters. The molecule has 5 N–H and O–H groups in total. The van der Waals surface area contributed by atoms with Crippen LogP contribution in [0.2, 0.25) is 5.02 Å². The number of amides is 2. The molecule has 0 aliphatic carbocycles. The highest BCUT2D eigenvalue weighted by Crippen LogP contribution is 2.26. The van der Waals surface area contributed by atoms with Crippen LogP contribution < -0.4 is 16.4 Å². The fourth-order valence-electron chi connectivity index (χ4n) is 4.08. The van der Waals surface area contributed by atoms with Gasteiger partial charge in [0.05, 0.1) is 0 Å². The lowest BCUT2D eigenvalue weighted by Crippen LogP contribution is -2.55. The Labute approximate surface area is 204 Å². The summed E-state index contributed by atoms with van der Waals surface area (Å²) in [4.78, 5) is 40.0. The Bertz CT molecular complexity index is 1040. The zero-order chi connectivity index (χ0) is 24.9. The second kappa shape index (κ2) is 11.0. The maximum atomic E-state index is 13.6. The van der Waals surface area contributed by atoms with E-state index in [-0.39, 0.29) is 18.4 Å². The minimum Gasteiger partial charge on any atom is -0.480 e. The van der Waals surface area contributed by atoms with E-state index >= 15 is 0 Å². The van der Waals surface area contributed by atoms with Crippen LogP contribution in [0.5, 0.6) is 0 Å². The van der Waals surface area contributed by atoms with Crippen molar-refractivity contribution in [3.8, 4) is 0 Å². The number of benzene rings is 2. The van der Waals surface area contributed by atoms with Crippen molar-refractivity contribution >= 4 is 29.4 Å². The van der Waals surface area contributed by atoms with E-state index in [9.17, 15) is 19.5 Å². The molecule has 0 spiro atoms. The van der Waals surface area contributed by atoms with Crippen molar-refractivity contribution in [2.24, 2.45) is 5.73 Å². The molecule has 0 radical (unpaired) electrons. The molecule has 1 heterocycles. The van der Waals surface area contributed by atoms with Gasteiger partial charge in [-0.15, -0.1) is 0 Å². The molecule has 9 heteroatoms. The lowest BCUT2D eigenvalue weighted by Gasteiger charge is -2.33. The molecule has 0 unspecified atom stereocenters. The predicted octanol–water partition coefficient (Wildman–Crippen LogP) is 2.60. The molecule has 3 rings (SSSR count). The Morgan fingerprint density at radius 1 is 1.18 bits per heavy atom. The Hall–Kier alpha value is -2.94. The van der Waals surface area contributed by atoms with Gasteiger partial charge in [0.1, 0.15) is 17.6 Å². The van der Waals surface area contributed by atoms with Crippen molar-refractivity contribution in [2.75, 3.05) is 6.54 Å². The van der Waals surface area contributed by atoms with E-state index in [0.29, 0.717) is 36.5 Å². The fraction of sp³-hybridized carbons (Fsp3) is 0.400. The number of nitrogens with one attached hydrogen (secondary N) is 2. The van der Waals surface area contributed by atoms with Crippen molar-refractivity contribution < 1.29 is 19.5 Å². The number of likely N-dealkylation sites (tertiary alicyclic amines) is 1. The van der Waals surface area contributed by atoms with E-state index in [0.717, 1.165) is 11.1 Å². The van der Waals surface area contributed by atoms with Gasteiger partial charge in [0.25, 0.3) is 0 Å². The normalized spacial score (nSPS) is 16.8. The van der Waals surface area contributed by atoms with Crippen molar-refractivity contribution in [1.82, 2.24) is 15.5 Å². The molecular formula is C25H31ClN4O4. The van der Waals surface area contributed by atoms with Crippen LogP contribution in [-0.4, -0.2) is 45.9 Å². The molecule has 1 aliphatic heterocycles. The molecule has 34 heavy (non-hydrogen) atoms. The molecular weight excluding hydrogens is 456 g/mol. The van der Waals surface area contributed by atoms with Gasteiger partial charge in [-0.2, -0.15) is 0 Å². The van der Waals surface area contributed by atoms with Gasteiger partial charge < -0.3 is 21.1 Å². The number of hydrogen-bond donors (Lipinski definition) is 4. The molecule has 0 aromatic heterocycles. The standard InChI is InChI=1S/C25H31ClN4O4/c1-25(2,24(33)34)29-21(16-7-4-3-5-8-16)23(32)30-12-6-9-20(30)22(31)28-15-18-13-19(26)11-10-17(18)14-27/h3-5,7-8,10-11,13,20-21,29H,6,9,12,14-15,27H2,1-2H3,(H,28,31)(H,33,34)/t20-,21+/m0/s1. The number of carbonyl (C=O) groups excluding carboxylic acids is 2. The number of hydrogen-bond acceptors (Lipinski definition) is 5. The smallest absolute Gasteiger partial charge is 0.323 e. The summed E-state index contributed by atoms with van der Waals surface area (Å²) in [7, 11) is 0. The molecule has 1 fully saturated rings. The molecule has 2 amide bonds. The van der Waals surface area contributed by atoms with Crippen LogP contribution in [0.4, 0.5) is 0 Å². The molecule has 0 bridgehead atoms. The number of aliphatic carboxylic acids is 1. The molecule has 2 aromatic rings. The molecule has 2 aromatic carbocycles. The third kappa shape index (κ3) is 5.94. The second-order valence-electron chi connectivity index (χ2n) is 8.94. The quantitative estimate of drug-likeness (QED) is 0.432. The van der Waals surface area contributed by atoms with E-state index in [1.165, 1.54) is 13.8 Å². The van der Waals surface area contributed by atoms with Crippen LogP contribution in [0.15, 0.2) is 48.5 Å². The van der Waals surface area contributed by atoms with E-state index in [2.05, 4.69) is 10.6 Å². The molecule has 0 saturated carbocycles. The predicted molar refractivity (Wildman–Crippen MR) is 130 cm³/mol. The van der Waals surface area contributed by atoms with Gasteiger partial charge in [-0.05, 0) is 55.5 Å². The maximum Gasteiger partial charge on any atom is 0.323 e. The maximum absolute atomic E-state index is 13.6. The first kappa shape index (κ1) is 25.7. The Kier molecular flexibility index (Phi) is 8.30. The number of carboxylic acid groups (broad SMARTS) is 1. The average Bonchev–Trinajstić information content (AvgIpc) is 3.31. The number of nitrogens with zero attached hydrogens (tertiary/aromatic N) is 1. The van der Waals surface area contributed by atoms with E-state index in [1.54, 1.807) is 41.3 Å².